The predicted molar refractivity (Wildman–Crippen MR) is 84.2 cm³/mol. The summed E-state index contributed by atoms with van der Waals surface area (Å²) in [6, 6.07) is 8.61. The third kappa shape index (κ3) is 3.29. The molecule has 0 aliphatic rings. The first-order valence-electron chi connectivity index (χ1n) is 7.16. The molecular weight excluding hydrogens is 312 g/mol. The molecule has 24 heavy (non-hydrogen) atoms. The number of amides is 2. The third-order valence-corrected chi connectivity index (χ3v) is 3.30. The van der Waals surface area contributed by atoms with Crippen molar-refractivity contribution in [3.63, 3.8) is 0 Å². The summed E-state index contributed by atoms with van der Waals surface area (Å²) in [5, 5.41) is 12.8. The lowest BCUT2D eigenvalue weighted by atomic mass is 10.2. The Kier molecular flexibility index (Phi) is 4.32. The minimum Gasteiger partial charge on any atom is -0.347 e. The fourth-order valence-corrected chi connectivity index (χ4v) is 2.10. The topological polar surface area (TPSA) is 121 Å². The van der Waals surface area contributed by atoms with Crippen molar-refractivity contribution in [1.82, 2.24) is 30.2 Å². The highest BCUT2D eigenvalue weighted by atomic mass is 16.2. The molecule has 2 aromatic heterocycles. The maximum absolute atomic E-state index is 11.8. The van der Waals surface area contributed by atoms with Crippen LogP contribution in [0.2, 0.25) is 0 Å². The van der Waals surface area contributed by atoms with E-state index in [1.165, 1.54) is 10.6 Å². The summed E-state index contributed by atoms with van der Waals surface area (Å²) in [6.45, 7) is -0.0737. The first-order valence-corrected chi connectivity index (χ1v) is 7.16. The number of aromatic nitrogens is 4. The SMILES string of the molecule is O=C(CNC(=O)c1ccccc1)NCc1nnc2c(=O)[nH]ccn12. The molecule has 122 valence electrons. The van der Waals surface area contributed by atoms with Crippen molar-refractivity contribution in [2.75, 3.05) is 6.54 Å². The smallest absolute Gasteiger partial charge is 0.293 e. The van der Waals surface area contributed by atoms with Gasteiger partial charge in [0, 0.05) is 18.0 Å². The molecule has 9 heteroatoms. The van der Waals surface area contributed by atoms with Crippen LogP contribution in [0.1, 0.15) is 16.2 Å². The van der Waals surface area contributed by atoms with Gasteiger partial charge in [-0.1, -0.05) is 18.2 Å². The fraction of sp³-hybridized carbons (Fsp3) is 0.133. The highest BCUT2D eigenvalue weighted by Gasteiger charge is 2.10. The van der Waals surface area contributed by atoms with E-state index >= 15 is 0 Å². The maximum Gasteiger partial charge on any atom is 0.293 e. The summed E-state index contributed by atoms with van der Waals surface area (Å²) in [6.07, 6.45) is 3.06. The Balaban J connectivity index is 1.55. The van der Waals surface area contributed by atoms with Crippen LogP contribution < -0.4 is 16.2 Å². The van der Waals surface area contributed by atoms with Crippen molar-refractivity contribution < 1.29 is 9.59 Å². The van der Waals surface area contributed by atoms with E-state index in [4.69, 9.17) is 0 Å². The van der Waals surface area contributed by atoms with Gasteiger partial charge in [0.15, 0.2) is 5.82 Å². The first kappa shape index (κ1) is 15.4. The van der Waals surface area contributed by atoms with Gasteiger partial charge >= 0.3 is 0 Å². The molecule has 0 aliphatic carbocycles. The van der Waals surface area contributed by atoms with Gasteiger partial charge in [-0.2, -0.15) is 0 Å². The van der Waals surface area contributed by atoms with Gasteiger partial charge in [0.25, 0.3) is 11.5 Å². The van der Waals surface area contributed by atoms with Crippen LogP contribution in [0.25, 0.3) is 5.65 Å². The van der Waals surface area contributed by atoms with Gasteiger partial charge in [0.05, 0.1) is 13.1 Å². The maximum atomic E-state index is 11.8. The van der Waals surface area contributed by atoms with Crippen LogP contribution in [0.4, 0.5) is 0 Å². The zero-order valence-corrected chi connectivity index (χ0v) is 12.5. The number of H-pyrrole nitrogens is 1. The summed E-state index contributed by atoms with van der Waals surface area (Å²) >= 11 is 0. The molecule has 2 amide bonds. The number of carbonyl (C=O) groups excluding carboxylic acids is 2. The molecule has 1 aromatic carbocycles. The molecule has 0 saturated carbocycles. The molecule has 9 nitrogen and oxygen atoms in total. The second kappa shape index (κ2) is 6.73. The van der Waals surface area contributed by atoms with E-state index in [1.807, 2.05) is 0 Å². The van der Waals surface area contributed by atoms with Crippen LogP contribution in [0.15, 0.2) is 47.5 Å². The Labute approximate surface area is 135 Å². The molecule has 0 saturated heterocycles. The zero-order chi connectivity index (χ0) is 16.9. The number of hydrogen-bond donors (Lipinski definition) is 3. The van der Waals surface area contributed by atoms with Crippen LogP contribution in [0.5, 0.6) is 0 Å². The molecule has 3 aromatic rings. The second-order valence-electron chi connectivity index (χ2n) is 4.92. The van der Waals surface area contributed by atoms with Crippen molar-refractivity contribution in [2.45, 2.75) is 6.54 Å². The largest absolute Gasteiger partial charge is 0.347 e. The molecule has 3 rings (SSSR count). The molecule has 0 spiro atoms. The van der Waals surface area contributed by atoms with Crippen LogP contribution in [-0.4, -0.2) is 37.9 Å². The minimum absolute atomic E-state index is 0.0880. The molecule has 0 radical (unpaired) electrons. The van der Waals surface area contributed by atoms with Crippen LogP contribution in [0.3, 0.4) is 0 Å². The molecule has 0 bridgehead atoms. The van der Waals surface area contributed by atoms with Crippen molar-refractivity contribution in [3.05, 3.63) is 64.5 Å². The number of aromatic amines is 1. The van der Waals surface area contributed by atoms with E-state index < -0.39 is 0 Å². The Morgan fingerprint density at radius 3 is 2.71 bits per heavy atom. The number of benzene rings is 1. The van der Waals surface area contributed by atoms with Crippen LogP contribution in [0, 0.1) is 0 Å². The average Bonchev–Trinajstić information content (AvgIpc) is 3.03. The lowest BCUT2D eigenvalue weighted by Crippen LogP contribution is -2.36. The van der Waals surface area contributed by atoms with Crippen LogP contribution >= 0.6 is 0 Å². The summed E-state index contributed by atoms with van der Waals surface area (Å²) < 4.78 is 1.49. The molecule has 0 unspecified atom stereocenters. The first-order chi connectivity index (χ1) is 11.6. The summed E-state index contributed by atoms with van der Waals surface area (Å²) in [5.74, 6) is -0.287. The molecule has 0 aliphatic heterocycles. The van der Waals surface area contributed by atoms with Gasteiger partial charge in [-0.05, 0) is 12.1 Å². The third-order valence-electron chi connectivity index (χ3n) is 3.30. The fourth-order valence-electron chi connectivity index (χ4n) is 2.10. The minimum atomic E-state index is -0.374. The molecule has 0 fully saturated rings. The van der Waals surface area contributed by atoms with E-state index in [0.29, 0.717) is 11.4 Å². The van der Waals surface area contributed by atoms with E-state index in [9.17, 15) is 14.4 Å². The average molecular weight is 326 g/mol. The quantitative estimate of drug-likeness (QED) is 0.581. The van der Waals surface area contributed by atoms with Crippen molar-refractivity contribution in [2.24, 2.45) is 0 Å². The highest BCUT2D eigenvalue weighted by Crippen LogP contribution is 1.98. The van der Waals surface area contributed by atoms with Crippen molar-refractivity contribution in [3.8, 4) is 0 Å². The summed E-state index contributed by atoms with van der Waals surface area (Å²) in [4.78, 5) is 37.7. The number of nitrogens with zero attached hydrogens (tertiary/aromatic N) is 3. The Hall–Kier alpha value is -3.49. The molecule has 2 heterocycles. The standard InChI is InChI=1S/C15H14N6O3/c22-12(9-18-14(23)10-4-2-1-3-5-10)17-8-11-19-20-13-15(24)16-6-7-21(11)13/h1-7H,8-9H2,(H,16,24)(H,17,22)(H,18,23). The predicted octanol–water partition coefficient (Wildman–Crippen LogP) is -0.536. The summed E-state index contributed by atoms with van der Waals surface area (Å²) in [5.41, 5.74) is 0.268. The number of fused-ring (bicyclic) bond motifs is 1. The van der Waals surface area contributed by atoms with Crippen molar-refractivity contribution in [1.29, 1.82) is 0 Å². The van der Waals surface area contributed by atoms with Gasteiger partial charge in [-0.15, -0.1) is 10.2 Å². The number of nitrogens with one attached hydrogen (secondary N) is 3. The van der Waals surface area contributed by atoms with E-state index in [2.05, 4.69) is 25.8 Å². The van der Waals surface area contributed by atoms with Crippen molar-refractivity contribution >= 4 is 17.5 Å². The lowest BCUT2D eigenvalue weighted by molar-refractivity contribution is -0.120. The molecule has 0 atom stereocenters. The Morgan fingerprint density at radius 1 is 1.12 bits per heavy atom. The van der Waals surface area contributed by atoms with Gasteiger partial charge in [-0.3, -0.25) is 18.8 Å². The number of carbonyl (C=O) groups is 2. The van der Waals surface area contributed by atoms with Gasteiger partial charge in [0.1, 0.15) is 0 Å². The van der Waals surface area contributed by atoms with E-state index in [-0.39, 0.29) is 36.1 Å². The molecule has 3 N–H and O–H groups in total. The highest BCUT2D eigenvalue weighted by molar-refractivity contribution is 5.96. The Morgan fingerprint density at radius 2 is 1.92 bits per heavy atom. The summed E-state index contributed by atoms with van der Waals surface area (Å²) in [7, 11) is 0. The zero-order valence-electron chi connectivity index (χ0n) is 12.5. The van der Waals surface area contributed by atoms with E-state index in [1.54, 1.807) is 36.5 Å². The normalized spacial score (nSPS) is 10.5. The van der Waals surface area contributed by atoms with E-state index in [0.717, 1.165) is 0 Å². The monoisotopic (exact) mass is 326 g/mol. The van der Waals surface area contributed by atoms with Crippen LogP contribution in [-0.2, 0) is 11.3 Å². The van der Waals surface area contributed by atoms with Gasteiger partial charge < -0.3 is 15.6 Å². The van der Waals surface area contributed by atoms with Gasteiger partial charge in [0.2, 0.25) is 11.6 Å². The molecular formula is C15H14N6O3. The number of hydrogen-bond acceptors (Lipinski definition) is 5. The second-order valence-corrected chi connectivity index (χ2v) is 4.92. The lowest BCUT2D eigenvalue weighted by Gasteiger charge is -2.06. The number of rotatable bonds is 5. The Bertz CT molecular complexity index is 931. The van der Waals surface area contributed by atoms with Gasteiger partial charge in [-0.25, -0.2) is 0 Å².